The van der Waals surface area contributed by atoms with Crippen molar-refractivity contribution in [3.63, 3.8) is 0 Å². The van der Waals surface area contributed by atoms with E-state index in [0.717, 1.165) is 0 Å². The number of nitrogens with one attached hydrogen (secondary N) is 1. The fraction of sp³-hybridized carbons (Fsp3) is 0.737. The lowest BCUT2D eigenvalue weighted by Crippen LogP contribution is -2.48. The van der Waals surface area contributed by atoms with E-state index in [-0.39, 0.29) is 19.4 Å². The van der Waals surface area contributed by atoms with Crippen LogP contribution in [0.1, 0.15) is 54.4 Å². The van der Waals surface area contributed by atoms with Gasteiger partial charge in [0.15, 0.2) is 6.04 Å². The second-order valence-corrected chi connectivity index (χ2v) is 9.71. The summed E-state index contributed by atoms with van der Waals surface area (Å²) < 4.78 is 36.5. The molecular weight excluding hydrogens is 433 g/mol. The monoisotopic (exact) mass is 465 g/mol. The Kier molecular flexibility index (Phi) is 11.8. The summed E-state index contributed by atoms with van der Waals surface area (Å²) in [4.78, 5) is 45.4. The first-order chi connectivity index (χ1) is 14.0. The van der Waals surface area contributed by atoms with Crippen LogP contribution in [-0.4, -0.2) is 60.0 Å². The molecule has 0 radical (unpaired) electrons. The average molecular weight is 465 g/mol. The molecule has 0 saturated carbocycles. The third-order valence-electron chi connectivity index (χ3n) is 2.86. The average Bonchev–Trinajstić information content (AvgIpc) is 2.57. The largest absolute Gasteiger partial charge is 0.472 e. The molecule has 0 fully saturated rings. The van der Waals surface area contributed by atoms with Crippen molar-refractivity contribution in [3.05, 3.63) is 0 Å². The molecule has 2 atom stereocenters. The first kappa shape index (κ1) is 28.9. The van der Waals surface area contributed by atoms with E-state index >= 15 is 0 Å². The smallest absolute Gasteiger partial charge is 0.463 e. The molecule has 1 amide bonds. The molecule has 2 N–H and O–H groups in total. The summed E-state index contributed by atoms with van der Waals surface area (Å²) in [6.07, 6.45) is 4.30. The lowest BCUT2D eigenvalue weighted by molar-refractivity contribution is -0.158. The van der Waals surface area contributed by atoms with E-state index in [0.29, 0.717) is 0 Å². The Morgan fingerprint density at radius 1 is 1.03 bits per heavy atom. The first-order valence-corrected chi connectivity index (χ1v) is 11.0. The number of hydrogen-bond acceptors (Lipinski definition) is 9. The Morgan fingerprint density at radius 2 is 1.61 bits per heavy atom. The van der Waals surface area contributed by atoms with Crippen LogP contribution in [0.3, 0.4) is 0 Å². The van der Waals surface area contributed by atoms with Crippen LogP contribution in [0.4, 0.5) is 4.79 Å². The van der Waals surface area contributed by atoms with E-state index in [9.17, 15) is 23.8 Å². The van der Waals surface area contributed by atoms with Gasteiger partial charge in [0.25, 0.3) is 0 Å². The Morgan fingerprint density at radius 3 is 2.13 bits per heavy atom. The van der Waals surface area contributed by atoms with Gasteiger partial charge in [-0.05, 0) is 41.5 Å². The van der Waals surface area contributed by atoms with Gasteiger partial charge in [-0.2, -0.15) is 0 Å². The maximum atomic E-state index is 12.3. The number of ether oxygens (including phenoxy) is 3. The highest BCUT2D eigenvalue weighted by Crippen LogP contribution is 2.43. The molecule has 0 bridgehead atoms. The third-order valence-corrected chi connectivity index (χ3v) is 3.85. The molecule has 0 aliphatic rings. The van der Waals surface area contributed by atoms with Crippen molar-refractivity contribution in [2.24, 2.45) is 0 Å². The van der Waals surface area contributed by atoms with Gasteiger partial charge in [-0.15, -0.1) is 12.3 Å². The Labute approximate surface area is 182 Å². The molecule has 0 saturated heterocycles. The zero-order chi connectivity index (χ0) is 24.3. The SMILES string of the molecule is C#CCCC(=O)OCCOP(=O)(O)OCC(NC(=O)OC(C)(C)C)C(=O)OC(C)(C)C. The van der Waals surface area contributed by atoms with E-state index in [1.807, 2.05) is 0 Å². The van der Waals surface area contributed by atoms with Gasteiger partial charge in [-0.3, -0.25) is 13.8 Å². The number of carbonyl (C=O) groups is 3. The molecule has 31 heavy (non-hydrogen) atoms. The quantitative estimate of drug-likeness (QED) is 0.153. The van der Waals surface area contributed by atoms with Gasteiger partial charge < -0.3 is 24.4 Å². The number of alkyl carbamates (subject to hydrolysis) is 1. The third kappa shape index (κ3) is 16.3. The van der Waals surface area contributed by atoms with Gasteiger partial charge in [0, 0.05) is 6.42 Å². The number of phosphoric acid groups is 1. The minimum absolute atomic E-state index is 0.0116. The zero-order valence-corrected chi connectivity index (χ0v) is 19.7. The van der Waals surface area contributed by atoms with Crippen molar-refractivity contribution in [3.8, 4) is 12.3 Å². The second-order valence-electron chi connectivity index (χ2n) is 8.25. The van der Waals surface area contributed by atoms with Crippen LogP contribution in [0.2, 0.25) is 0 Å². The molecule has 2 unspecified atom stereocenters. The van der Waals surface area contributed by atoms with Gasteiger partial charge in [-0.1, -0.05) is 0 Å². The standard InChI is InChI=1S/C19H32NO10P/c1-8-9-10-15(21)26-11-12-27-31(24,25)28-13-14(16(22)29-18(2,3)4)20-17(23)30-19(5,6)7/h1,14H,9-13H2,2-7H3,(H,20,23)(H,24,25). The van der Waals surface area contributed by atoms with Crippen molar-refractivity contribution in [2.45, 2.75) is 71.6 Å². The molecule has 0 rings (SSSR count). The molecule has 12 heteroatoms. The molecule has 0 heterocycles. The van der Waals surface area contributed by atoms with Crippen LogP contribution in [0.25, 0.3) is 0 Å². The molecule has 178 valence electrons. The Hall–Kier alpha value is -2.12. The first-order valence-electron chi connectivity index (χ1n) is 9.48. The number of esters is 2. The highest BCUT2D eigenvalue weighted by molar-refractivity contribution is 7.47. The van der Waals surface area contributed by atoms with E-state index in [2.05, 4.69) is 15.8 Å². The molecular formula is C19H32NO10P. The van der Waals surface area contributed by atoms with E-state index in [4.69, 9.17) is 25.2 Å². The van der Waals surface area contributed by atoms with E-state index in [1.54, 1.807) is 41.5 Å². The number of phosphoric ester groups is 1. The maximum Gasteiger partial charge on any atom is 0.472 e. The fourth-order valence-corrected chi connectivity index (χ4v) is 2.47. The van der Waals surface area contributed by atoms with Crippen LogP contribution in [-0.2, 0) is 37.4 Å². The summed E-state index contributed by atoms with van der Waals surface area (Å²) in [6.45, 7) is 8.24. The van der Waals surface area contributed by atoms with Crippen LogP contribution in [0.15, 0.2) is 0 Å². The highest BCUT2D eigenvalue weighted by atomic mass is 31.2. The van der Waals surface area contributed by atoms with Crippen molar-refractivity contribution < 1.29 is 47.1 Å². The number of amides is 1. The lowest BCUT2D eigenvalue weighted by atomic mass is 10.2. The predicted octanol–water partition coefficient (Wildman–Crippen LogP) is 2.31. The molecule has 0 aliphatic heterocycles. The minimum atomic E-state index is -4.63. The number of carbonyl (C=O) groups excluding carboxylic acids is 3. The van der Waals surface area contributed by atoms with E-state index in [1.165, 1.54) is 0 Å². The van der Waals surface area contributed by atoms with Gasteiger partial charge in [0.2, 0.25) is 0 Å². The predicted molar refractivity (Wildman–Crippen MR) is 110 cm³/mol. The summed E-state index contributed by atoms with van der Waals surface area (Å²) in [6, 6.07) is -1.44. The summed E-state index contributed by atoms with van der Waals surface area (Å²) in [7, 11) is -4.63. The number of terminal acetylenes is 1. The number of hydrogen-bond donors (Lipinski definition) is 2. The highest BCUT2D eigenvalue weighted by Gasteiger charge is 2.32. The zero-order valence-electron chi connectivity index (χ0n) is 18.8. The molecule has 0 aromatic rings. The van der Waals surface area contributed by atoms with Crippen LogP contribution in [0, 0.1) is 12.3 Å². The van der Waals surface area contributed by atoms with Crippen molar-refractivity contribution in [2.75, 3.05) is 19.8 Å². The van der Waals surface area contributed by atoms with Crippen molar-refractivity contribution in [1.29, 1.82) is 0 Å². The molecule has 0 aliphatic carbocycles. The lowest BCUT2D eigenvalue weighted by Gasteiger charge is -2.26. The normalized spacial score (nSPS) is 14.5. The van der Waals surface area contributed by atoms with Crippen LogP contribution >= 0.6 is 7.82 Å². The Bertz CT molecular complexity index is 702. The second kappa shape index (κ2) is 12.7. The summed E-state index contributed by atoms with van der Waals surface area (Å²) >= 11 is 0. The minimum Gasteiger partial charge on any atom is -0.463 e. The van der Waals surface area contributed by atoms with Gasteiger partial charge in [0.05, 0.1) is 19.6 Å². The van der Waals surface area contributed by atoms with Gasteiger partial charge in [-0.25, -0.2) is 14.2 Å². The van der Waals surface area contributed by atoms with Crippen LogP contribution < -0.4 is 5.32 Å². The van der Waals surface area contributed by atoms with Gasteiger partial charge in [0.1, 0.15) is 17.8 Å². The summed E-state index contributed by atoms with van der Waals surface area (Å²) in [5, 5.41) is 2.24. The van der Waals surface area contributed by atoms with Crippen molar-refractivity contribution in [1.82, 2.24) is 5.32 Å². The van der Waals surface area contributed by atoms with Crippen molar-refractivity contribution >= 4 is 25.9 Å². The van der Waals surface area contributed by atoms with Crippen LogP contribution in [0.5, 0.6) is 0 Å². The summed E-state index contributed by atoms with van der Waals surface area (Å²) in [5.41, 5.74) is -1.72. The molecule has 0 aromatic heterocycles. The van der Waals surface area contributed by atoms with Gasteiger partial charge >= 0.3 is 25.9 Å². The molecule has 11 nitrogen and oxygen atoms in total. The summed E-state index contributed by atoms with van der Waals surface area (Å²) in [5.74, 6) is 0.792. The number of rotatable bonds is 11. The maximum absolute atomic E-state index is 12.3. The molecule has 0 aromatic carbocycles. The molecule has 0 spiro atoms. The topological polar surface area (TPSA) is 147 Å². The van der Waals surface area contributed by atoms with E-state index < -0.39 is 56.3 Å². The fourth-order valence-electron chi connectivity index (χ4n) is 1.75. The Balaban J connectivity index is 4.81.